The minimum Gasteiger partial charge on any atom is -0.489 e. The molecule has 2 heterocycles. The van der Waals surface area contributed by atoms with Gasteiger partial charge in [0.05, 0.1) is 12.2 Å². The largest absolute Gasteiger partial charge is 0.489 e. The maximum Gasteiger partial charge on any atom is 0.416 e. The van der Waals surface area contributed by atoms with E-state index < -0.39 is 11.7 Å². The number of hydrogen-bond donors (Lipinski definition) is 1. The van der Waals surface area contributed by atoms with Gasteiger partial charge in [-0.15, -0.1) is 0 Å². The van der Waals surface area contributed by atoms with Gasteiger partial charge < -0.3 is 14.7 Å². The van der Waals surface area contributed by atoms with Crippen LogP contribution in [0.4, 0.5) is 13.2 Å². The topological polar surface area (TPSA) is 41.9 Å². The summed E-state index contributed by atoms with van der Waals surface area (Å²) >= 11 is 0. The SMILES string of the molecule is CC(C)COc1cc(C(F)(F)F)ccc1OC1C[C@H]2CCC[C@@H](C1)N2O. The Morgan fingerprint density at radius 3 is 2.38 bits per heavy atom. The van der Waals surface area contributed by atoms with Crippen molar-refractivity contribution in [2.45, 2.75) is 70.3 Å². The fourth-order valence-corrected chi connectivity index (χ4v) is 3.73. The van der Waals surface area contributed by atoms with Gasteiger partial charge in [-0.1, -0.05) is 20.3 Å². The van der Waals surface area contributed by atoms with E-state index in [9.17, 15) is 18.4 Å². The molecule has 146 valence electrons. The van der Waals surface area contributed by atoms with Gasteiger partial charge in [-0.25, -0.2) is 0 Å². The Morgan fingerprint density at radius 1 is 1.15 bits per heavy atom. The number of ether oxygens (including phenoxy) is 2. The predicted octanol–water partition coefficient (Wildman–Crippen LogP) is 4.89. The van der Waals surface area contributed by atoms with Crippen LogP contribution in [0, 0.1) is 5.92 Å². The molecule has 7 heteroatoms. The molecule has 0 amide bonds. The molecule has 2 aliphatic heterocycles. The fourth-order valence-electron chi connectivity index (χ4n) is 3.73. The van der Waals surface area contributed by atoms with E-state index in [0.717, 1.165) is 31.4 Å². The Hall–Kier alpha value is -1.47. The molecule has 1 aromatic carbocycles. The zero-order valence-electron chi connectivity index (χ0n) is 15.1. The van der Waals surface area contributed by atoms with Crippen LogP contribution in [0.25, 0.3) is 0 Å². The molecule has 4 nitrogen and oxygen atoms in total. The first-order valence-electron chi connectivity index (χ1n) is 9.22. The van der Waals surface area contributed by atoms with Gasteiger partial charge in [-0.3, -0.25) is 0 Å². The van der Waals surface area contributed by atoms with Crippen molar-refractivity contribution in [3.8, 4) is 11.5 Å². The van der Waals surface area contributed by atoms with E-state index in [1.807, 2.05) is 13.8 Å². The number of rotatable bonds is 5. The summed E-state index contributed by atoms with van der Waals surface area (Å²) in [6, 6.07) is 3.50. The molecule has 1 aromatic rings. The number of fused-ring (bicyclic) bond motifs is 2. The molecular weight excluding hydrogens is 347 g/mol. The molecule has 0 spiro atoms. The molecule has 0 radical (unpaired) electrons. The average Bonchev–Trinajstić information content (AvgIpc) is 2.53. The van der Waals surface area contributed by atoms with Crippen LogP contribution in [0.15, 0.2) is 18.2 Å². The maximum absolute atomic E-state index is 13.0. The van der Waals surface area contributed by atoms with Crippen LogP contribution in [0.1, 0.15) is 51.5 Å². The average molecular weight is 373 g/mol. The molecule has 0 saturated carbocycles. The van der Waals surface area contributed by atoms with Gasteiger partial charge in [-0.2, -0.15) is 18.2 Å². The van der Waals surface area contributed by atoms with Gasteiger partial charge in [0, 0.05) is 24.9 Å². The number of hydroxylamine groups is 2. The van der Waals surface area contributed by atoms with Crippen molar-refractivity contribution >= 4 is 0 Å². The van der Waals surface area contributed by atoms with Crippen LogP contribution in [0.2, 0.25) is 0 Å². The second kappa shape index (κ2) is 7.64. The van der Waals surface area contributed by atoms with Crippen molar-refractivity contribution in [3.63, 3.8) is 0 Å². The maximum atomic E-state index is 13.0. The van der Waals surface area contributed by atoms with E-state index in [1.54, 1.807) is 0 Å². The first-order valence-corrected chi connectivity index (χ1v) is 9.22. The minimum absolute atomic E-state index is 0.0574. The second-order valence-electron chi connectivity index (χ2n) is 7.69. The monoisotopic (exact) mass is 373 g/mol. The summed E-state index contributed by atoms with van der Waals surface area (Å²) < 4.78 is 50.7. The summed E-state index contributed by atoms with van der Waals surface area (Å²) in [5.41, 5.74) is -0.745. The number of piperidine rings is 2. The van der Waals surface area contributed by atoms with Crippen molar-refractivity contribution in [2.75, 3.05) is 6.61 Å². The number of alkyl halides is 3. The highest BCUT2D eigenvalue weighted by Gasteiger charge is 2.39. The predicted molar refractivity (Wildman–Crippen MR) is 90.5 cm³/mol. The lowest BCUT2D eigenvalue weighted by Gasteiger charge is -2.44. The molecule has 2 saturated heterocycles. The summed E-state index contributed by atoms with van der Waals surface area (Å²) in [4.78, 5) is 0. The quantitative estimate of drug-likeness (QED) is 0.798. The van der Waals surface area contributed by atoms with Gasteiger partial charge >= 0.3 is 6.18 Å². The standard InChI is InChI=1S/C19H26F3NO3/c1-12(2)11-25-18-8-13(19(20,21)22)6-7-17(18)26-16-9-14-4-3-5-15(10-16)23(14)24/h6-8,12,14-16,24H,3-5,9-11H2,1-2H3/t14-,15+,16?. The van der Waals surface area contributed by atoms with Crippen LogP contribution >= 0.6 is 0 Å². The van der Waals surface area contributed by atoms with Crippen LogP contribution in [-0.4, -0.2) is 35.1 Å². The van der Waals surface area contributed by atoms with Crippen molar-refractivity contribution in [3.05, 3.63) is 23.8 Å². The summed E-state index contributed by atoms with van der Waals surface area (Å²) in [5, 5.41) is 11.6. The summed E-state index contributed by atoms with van der Waals surface area (Å²) in [6.45, 7) is 4.19. The number of halogens is 3. The number of hydrogen-bond acceptors (Lipinski definition) is 4. The van der Waals surface area contributed by atoms with Gasteiger partial charge in [-0.05, 0) is 37.0 Å². The van der Waals surface area contributed by atoms with Crippen LogP contribution in [-0.2, 0) is 6.18 Å². The van der Waals surface area contributed by atoms with E-state index in [0.29, 0.717) is 25.2 Å². The second-order valence-corrected chi connectivity index (χ2v) is 7.69. The molecular formula is C19H26F3NO3. The van der Waals surface area contributed by atoms with Crippen molar-refractivity contribution in [1.82, 2.24) is 5.06 Å². The molecule has 26 heavy (non-hydrogen) atoms. The summed E-state index contributed by atoms with van der Waals surface area (Å²) in [6.07, 6.45) is -0.315. The molecule has 3 atom stereocenters. The van der Waals surface area contributed by atoms with E-state index in [1.165, 1.54) is 11.1 Å². The van der Waals surface area contributed by atoms with E-state index in [-0.39, 0.29) is 29.9 Å². The van der Waals surface area contributed by atoms with Crippen LogP contribution < -0.4 is 9.47 Å². The molecule has 2 aliphatic rings. The Morgan fingerprint density at radius 2 is 1.81 bits per heavy atom. The lowest BCUT2D eigenvalue weighted by molar-refractivity contribution is -0.207. The van der Waals surface area contributed by atoms with E-state index >= 15 is 0 Å². The molecule has 1 unspecified atom stereocenters. The first kappa shape index (κ1) is 19.3. The summed E-state index contributed by atoms with van der Waals surface area (Å²) in [5.74, 6) is 0.660. The van der Waals surface area contributed by atoms with Gasteiger partial charge in [0.1, 0.15) is 6.10 Å². The Labute approximate surface area is 151 Å². The first-order chi connectivity index (χ1) is 12.2. The molecule has 1 N–H and O–H groups in total. The normalized spacial score (nSPS) is 26.8. The zero-order valence-corrected chi connectivity index (χ0v) is 15.1. The molecule has 0 aliphatic carbocycles. The van der Waals surface area contributed by atoms with E-state index in [4.69, 9.17) is 9.47 Å². The lowest BCUT2D eigenvalue weighted by Crippen LogP contribution is -2.52. The third-order valence-electron chi connectivity index (χ3n) is 5.03. The Balaban J connectivity index is 1.77. The van der Waals surface area contributed by atoms with Gasteiger partial charge in [0.2, 0.25) is 0 Å². The van der Waals surface area contributed by atoms with Crippen LogP contribution in [0.5, 0.6) is 11.5 Å². The molecule has 2 fully saturated rings. The number of nitrogens with zero attached hydrogens (tertiary/aromatic N) is 1. The highest BCUT2D eigenvalue weighted by atomic mass is 19.4. The zero-order chi connectivity index (χ0) is 18.9. The van der Waals surface area contributed by atoms with Gasteiger partial charge in [0.25, 0.3) is 0 Å². The fraction of sp³-hybridized carbons (Fsp3) is 0.684. The van der Waals surface area contributed by atoms with Crippen LogP contribution in [0.3, 0.4) is 0 Å². The van der Waals surface area contributed by atoms with E-state index in [2.05, 4.69) is 0 Å². The summed E-state index contributed by atoms with van der Waals surface area (Å²) in [7, 11) is 0. The highest BCUT2D eigenvalue weighted by molar-refractivity contribution is 5.44. The van der Waals surface area contributed by atoms with Crippen molar-refractivity contribution in [2.24, 2.45) is 5.92 Å². The number of benzene rings is 1. The van der Waals surface area contributed by atoms with Crippen molar-refractivity contribution < 1.29 is 27.9 Å². The minimum atomic E-state index is -4.42. The molecule has 0 aromatic heterocycles. The third-order valence-corrected chi connectivity index (χ3v) is 5.03. The van der Waals surface area contributed by atoms with Gasteiger partial charge in [0.15, 0.2) is 11.5 Å². The smallest absolute Gasteiger partial charge is 0.416 e. The lowest BCUT2D eigenvalue weighted by atomic mass is 9.85. The molecule has 2 bridgehead atoms. The van der Waals surface area contributed by atoms with Crippen molar-refractivity contribution in [1.29, 1.82) is 0 Å². The Bertz CT molecular complexity index is 607. The Kier molecular flexibility index (Phi) is 5.67. The third kappa shape index (κ3) is 4.43. The highest BCUT2D eigenvalue weighted by Crippen LogP contribution is 2.39. The molecule has 3 rings (SSSR count).